The Labute approximate surface area is 117 Å². The highest BCUT2D eigenvalue weighted by Crippen LogP contribution is 2.21. The van der Waals surface area contributed by atoms with Crippen LogP contribution in [-0.2, 0) is 16.0 Å². The summed E-state index contributed by atoms with van der Waals surface area (Å²) in [4.78, 5) is 3.17. The van der Waals surface area contributed by atoms with Gasteiger partial charge >= 0.3 is 0 Å². The van der Waals surface area contributed by atoms with E-state index in [1.54, 1.807) is 21.3 Å². The van der Waals surface area contributed by atoms with Crippen molar-refractivity contribution in [2.75, 3.05) is 27.9 Å². The Bertz CT molecular complexity index is 605. The number of ether oxygens (including phenoxy) is 3. The average molecular weight is 282 g/mol. The van der Waals surface area contributed by atoms with Crippen LogP contribution in [0.25, 0.3) is 11.0 Å². The molecular weight excluding hydrogens is 264 g/mol. The zero-order valence-corrected chi connectivity index (χ0v) is 12.1. The Hall–Kier alpha value is -1.37. The van der Waals surface area contributed by atoms with Gasteiger partial charge in [-0.1, -0.05) is 0 Å². The topological polar surface area (TPSA) is 48.4 Å². The Morgan fingerprint density at radius 2 is 2.11 bits per heavy atom. The van der Waals surface area contributed by atoms with Gasteiger partial charge in [-0.15, -0.1) is 0 Å². The van der Waals surface area contributed by atoms with Crippen molar-refractivity contribution in [1.82, 2.24) is 9.55 Å². The van der Waals surface area contributed by atoms with Gasteiger partial charge in [-0.3, -0.25) is 0 Å². The maximum absolute atomic E-state index is 5.38. The molecule has 1 aromatic carbocycles. The number of benzene rings is 1. The Morgan fingerprint density at radius 1 is 1.32 bits per heavy atom. The molecule has 0 aliphatic carbocycles. The fraction of sp³-hybridized carbons (Fsp3) is 0.462. The van der Waals surface area contributed by atoms with Crippen molar-refractivity contribution in [2.24, 2.45) is 0 Å². The first-order chi connectivity index (χ1) is 9.19. The molecule has 0 bridgehead atoms. The molecule has 0 fully saturated rings. The van der Waals surface area contributed by atoms with E-state index in [9.17, 15) is 0 Å². The standard InChI is InChI=1S/C13H18N2O3S/c1-16-8-10(18-3)7-15-12-5-4-9(17-2)6-11(12)14-13(15)19/h4-6,10H,7-8H2,1-3H3,(H,14,19). The number of aromatic nitrogens is 2. The summed E-state index contributed by atoms with van der Waals surface area (Å²) in [6.45, 7) is 1.18. The lowest BCUT2D eigenvalue weighted by Gasteiger charge is -2.15. The number of fused-ring (bicyclic) bond motifs is 1. The number of H-pyrrole nitrogens is 1. The van der Waals surface area contributed by atoms with E-state index >= 15 is 0 Å². The fourth-order valence-electron chi connectivity index (χ4n) is 2.04. The number of hydrogen-bond donors (Lipinski definition) is 1. The van der Waals surface area contributed by atoms with Gasteiger partial charge in [-0.05, 0) is 24.4 Å². The van der Waals surface area contributed by atoms with Crippen LogP contribution in [0.2, 0.25) is 0 Å². The second-order valence-corrected chi connectivity index (χ2v) is 4.62. The molecule has 5 nitrogen and oxygen atoms in total. The van der Waals surface area contributed by atoms with E-state index in [2.05, 4.69) is 4.98 Å². The van der Waals surface area contributed by atoms with Crippen LogP contribution >= 0.6 is 12.2 Å². The molecule has 19 heavy (non-hydrogen) atoms. The van der Waals surface area contributed by atoms with Gasteiger partial charge in [0.2, 0.25) is 0 Å². The number of nitrogens with zero attached hydrogens (tertiary/aromatic N) is 1. The van der Waals surface area contributed by atoms with Crippen molar-refractivity contribution in [2.45, 2.75) is 12.6 Å². The molecule has 0 saturated heterocycles. The molecule has 0 spiro atoms. The number of hydrogen-bond acceptors (Lipinski definition) is 4. The quantitative estimate of drug-likeness (QED) is 0.826. The minimum absolute atomic E-state index is 0.0298. The van der Waals surface area contributed by atoms with Crippen molar-refractivity contribution in [3.05, 3.63) is 23.0 Å². The second-order valence-electron chi connectivity index (χ2n) is 4.24. The average Bonchev–Trinajstić information content (AvgIpc) is 2.73. The molecule has 1 atom stereocenters. The summed E-state index contributed by atoms with van der Waals surface area (Å²) < 4.78 is 18.4. The van der Waals surface area contributed by atoms with Crippen LogP contribution in [-0.4, -0.2) is 43.6 Å². The van der Waals surface area contributed by atoms with Crippen molar-refractivity contribution >= 4 is 23.3 Å². The summed E-state index contributed by atoms with van der Waals surface area (Å²) in [5.74, 6) is 0.802. The lowest BCUT2D eigenvalue weighted by atomic mass is 10.3. The molecule has 1 N–H and O–H groups in total. The van der Waals surface area contributed by atoms with E-state index in [-0.39, 0.29) is 6.10 Å². The fourth-order valence-corrected chi connectivity index (χ4v) is 2.32. The van der Waals surface area contributed by atoms with Crippen molar-refractivity contribution in [1.29, 1.82) is 0 Å². The van der Waals surface area contributed by atoms with Crippen molar-refractivity contribution in [3.63, 3.8) is 0 Å². The van der Waals surface area contributed by atoms with Gasteiger partial charge in [-0.25, -0.2) is 0 Å². The Kier molecular flexibility index (Phi) is 4.57. The molecule has 0 saturated carbocycles. The highest BCUT2D eigenvalue weighted by molar-refractivity contribution is 7.71. The monoisotopic (exact) mass is 282 g/mol. The first kappa shape index (κ1) is 14.0. The SMILES string of the molecule is COCC(Cn1c(=S)[nH]c2cc(OC)ccc21)OC. The number of aromatic amines is 1. The number of imidazole rings is 1. The summed E-state index contributed by atoms with van der Waals surface area (Å²) >= 11 is 5.35. The molecule has 2 rings (SSSR count). The van der Waals surface area contributed by atoms with Crippen LogP contribution in [0.4, 0.5) is 0 Å². The van der Waals surface area contributed by atoms with Crippen LogP contribution in [0.15, 0.2) is 18.2 Å². The summed E-state index contributed by atoms with van der Waals surface area (Å²) in [5.41, 5.74) is 1.99. The predicted molar refractivity (Wildman–Crippen MR) is 76.3 cm³/mol. The first-order valence-corrected chi connectivity index (χ1v) is 6.38. The summed E-state index contributed by atoms with van der Waals surface area (Å²) in [6, 6.07) is 5.83. The maximum Gasteiger partial charge on any atom is 0.178 e. The van der Waals surface area contributed by atoms with Crippen LogP contribution in [0.5, 0.6) is 5.75 Å². The van der Waals surface area contributed by atoms with Crippen LogP contribution in [0.1, 0.15) is 0 Å². The maximum atomic E-state index is 5.38. The van der Waals surface area contributed by atoms with Crippen molar-refractivity contribution in [3.8, 4) is 5.75 Å². The highest BCUT2D eigenvalue weighted by Gasteiger charge is 2.12. The third-order valence-corrected chi connectivity index (χ3v) is 3.38. The van der Waals surface area contributed by atoms with E-state index in [0.717, 1.165) is 16.8 Å². The molecule has 0 aliphatic rings. The predicted octanol–water partition coefficient (Wildman–Crippen LogP) is 2.37. The minimum atomic E-state index is -0.0298. The molecule has 1 unspecified atom stereocenters. The van der Waals surface area contributed by atoms with E-state index in [1.165, 1.54) is 0 Å². The first-order valence-electron chi connectivity index (χ1n) is 5.98. The zero-order valence-electron chi connectivity index (χ0n) is 11.3. The van der Waals surface area contributed by atoms with E-state index < -0.39 is 0 Å². The van der Waals surface area contributed by atoms with Crippen molar-refractivity contribution < 1.29 is 14.2 Å². The van der Waals surface area contributed by atoms with E-state index in [1.807, 2.05) is 22.8 Å². The van der Waals surface area contributed by atoms with Gasteiger partial charge < -0.3 is 23.8 Å². The van der Waals surface area contributed by atoms with E-state index in [4.69, 9.17) is 26.4 Å². The number of methoxy groups -OCH3 is 3. The van der Waals surface area contributed by atoms with E-state index in [0.29, 0.717) is 17.9 Å². The van der Waals surface area contributed by atoms with Crippen LogP contribution < -0.4 is 4.74 Å². The zero-order chi connectivity index (χ0) is 13.8. The normalized spacial score (nSPS) is 12.8. The van der Waals surface area contributed by atoms with Crippen LogP contribution in [0.3, 0.4) is 0 Å². The lowest BCUT2D eigenvalue weighted by molar-refractivity contribution is 0.0188. The summed E-state index contributed by atoms with van der Waals surface area (Å²) in [6.07, 6.45) is -0.0298. The molecule has 1 heterocycles. The minimum Gasteiger partial charge on any atom is -0.497 e. The van der Waals surface area contributed by atoms with Gasteiger partial charge in [0.1, 0.15) is 5.75 Å². The molecule has 0 radical (unpaired) electrons. The molecular formula is C13H18N2O3S. The van der Waals surface area contributed by atoms with Crippen LogP contribution in [0, 0.1) is 4.77 Å². The molecule has 1 aromatic heterocycles. The number of nitrogens with one attached hydrogen (secondary N) is 1. The third kappa shape index (κ3) is 2.97. The largest absolute Gasteiger partial charge is 0.497 e. The molecule has 104 valence electrons. The highest BCUT2D eigenvalue weighted by atomic mass is 32.1. The third-order valence-electron chi connectivity index (χ3n) is 3.05. The molecule has 0 amide bonds. The summed E-state index contributed by atoms with van der Waals surface area (Å²) in [7, 11) is 4.98. The van der Waals surface area contributed by atoms with Gasteiger partial charge in [0.15, 0.2) is 4.77 Å². The summed E-state index contributed by atoms with van der Waals surface area (Å²) in [5, 5.41) is 0. The molecule has 0 aliphatic heterocycles. The smallest absolute Gasteiger partial charge is 0.178 e. The van der Waals surface area contributed by atoms with Gasteiger partial charge in [0.25, 0.3) is 0 Å². The Morgan fingerprint density at radius 3 is 2.74 bits per heavy atom. The lowest BCUT2D eigenvalue weighted by Crippen LogP contribution is -2.23. The molecule has 2 aromatic rings. The number of rotatable bonds is 6. The Balaban J connectivity index is 2.37. The van der Waals surface area contributed by atoms with Gasteiger partial charge in [0, 0.05) is 20.3 Å². The van der Waals surface area contributed by atoms with Gasteiger partial charge in [-0.2, -0.15) is 0 Å². The van der Waals surface area contributed by atoms with Gasteiger partial charge in [0.05, 0.1) is 37.4 Å². The second kappa shape index (κ2) is 6.18. The molecule has 6 heteroatoms.